The molecule has 2 aromatic rings. The van der Waals surface area contributed by atoms with Crippen LogP contribution in [0.2, 0.25) is 5.02 Å². The predicted octanol–water partition coefficient (Wildman–Crippen LogP) is 4.16. The van der Waals surface area contributed by atoms with Crippen LogP contribution in [0.1, 0.15) is 40.0 Å². The molecule has 142 valence electrons. The van der Waals surface area contributed by atoms with Crippen LogP contribution >= 0.6 is 11.6 Å². The first kappa shape index (κ1) is 20.5. The molecular weight excluding hydrogens is 350 g/mol. The molecule has 1 aromatic heterocycles. The van der Waals surface area contributed by atoms with Gasteiger partial charge in [0, 0.05) is 48.6 Å². The van der Waals surface area contributed by atoms with E-state index in [9.17, 15) is 4.79 Å². The molecule has 0 unspecified atom stereocenters. The third kappa shape index (κ3) is 6.15. The van der Waals surface area contributed by atoms with E-state index in [1.54, 1.807) is 6.20 Å². The minimum absolute atomic E-state index is 0.0173. The molecule has 2 rings (SSSR count). The van der Waals surface area contributed by atoms with Gasteiger partial charge in [0.15, 0.2) is 11.7 Å². The monoisotopic (exact) mass is 377 g/mol. The van der Waals surface area contributed by atoms with Gasteiger partial charge in [0.2, 0.25) is 5.91 Å². The van der Waals surface area contributed by atoms with Gasteiger partial charge in [-0.2, -0.15) is 0 Å². The second kappa shape index (κ2) is 9.74. The van der Waals surface area contributed by atoms with Crippen LogP contribution in [0.5, 0.6) is 0 Å². The van der Waals surface area contributed by atoms with Gasteiger partial charge in [-0.25, -0.2) is 4.98 Å². The third-order valence-electron chi connectivity index (χ3n) is 4.27. The summed E-state index contributed by atoms with van der Waals surface area (Å²) in [5.41, 5.74) is 0.917. The Morgan fingerprint density at radius 3 is 2.46 bits per heavy atom. The van der Waals surface area contributed by atoms with Crippen molar-refractivity contribution in [2.24, 2.45) is 0 Å². The molecule has 6 heteroatoms. The molecule has 26 heavy (non-hydrogen) atoms. The van der Waals surface area contributed by atoms with Crippen LogP contribution in [-0.4, -0.2) is 41.0 Å². The standard InChI is InChI=1S/C20H28ClN3O2/c1-14(2)24(15(3)4)12-11-22-19(25)9-10-20-23-13-18(26-20)16-5-7-17(21)8-6-16/h5-8,13-15H,9-12H2,1-4H3,(H,22,25). The van der Waals surface area contributed by atoms with Gasteiger partial charge in [-0.05, 0) is 52.0 Å². The molecule has 1 amide bonds. The number of carbonyl (C=O) groups is 1. The van der Waals surface area contributed by atoms with Crippen molar-refractivity contribution in [3.8, 4) is 11.3 Å². The van der Waals surface area contributed by atoms with Gasteiger partial charge in [-0.3, -0.25) is 9.69 Å². The summed E-state index contributed by atoms with van der Waals surface area (Å²) >= 11 is 5.89. The Morgan fingerprint density at radius 2 is 1.85 bits per heavy atom. The fraction of sp³-hybridized carbons (Fsp3) is 0.500. The second-order valence-electron chi connectivity index (χ2n) is 6.90. The number of nitrogens with zero attached hydrogens (tertiary/aromatic N) is 2. The van der Waals surface area contributed by atoms with E-state index in [0.29, 0.717) is 48.1 Å². The van der Waals surface area contributed by atoms with Crippen LogP contribution in [0.15, 0.2) is 34.9 Å². The fourth-order valence-corrected chi connectivity index (χ4v) is 3.05. The topological polar surface area (TPSA) is 58.4 Å². The summed E-state index contributed by atoms with van der Waals surface area (Å²) in [6, 6.07) is 8.31. The first-order chi connectivity index (χ1) is 12.4. The fourth-order valence-electron chi connectivity index (χ4n) is 2.92. The lowest BCUT2D eigenvalue weighted by atomic mass is 10.2. The molecular formula is C20H28ClN3O2. The van der Waals surface area contributed by atoms with Crippen LogP contribution < -0.4 is 5.32 Å². The van der Waals surface area contributed by atoms with Crippen LogP contribution in [-0.2, 0) is 11.2 Å². The van der Waals surface area contributed by atoms with Crippen molar-refractivity contribution in [2.75, 3.05) is 13.1 Å². The molecule has 0 saturated carbocycles. The third-order valence-corrected chi connectivity index (χ3v) is 4.52. The minimum Gasteiger partial charge on any atom is -0.441 e. The number of aryl methyl sites for hydroxylation is 1. The van der Waals surface area contributed by atoms with E-state index in [1.807, 2.05) is 24.3 Å². The van der Waals surface area contributed by atoms with Crippen molar-refractivity contribution in [1.29, 1.82) is 0 Å². The molecule has 1 heterocycles. The van der Waals surface area contributed by atoms with Crippen molar-refractivity contribution in [2.45, 2.75) is 52.6 Å². The van der Waals surface area contributed by atoms with Crippen LogP contribution in [0.25, 0.3) is 11.3 Å². The number of nitrogens with one attached hydrogen (secondary N) is 1. The first-order valence-corrected chi connectivity index (χ1v) is 9.47. The Balaban J connectivity index is 1.76. The Hall–Kier alpha value is -1.85. The Labute approximate surface area is 160 Å². The van der Waals surface area contributed by atoms with Gasteiger partial charge in [0.25, 0.3) is 0 Å². The lowest BCUT2D eigenvalue weighted by Crippen LogP contribution is -2.42. The van der Waals surface area contributed by atoms with Crippen LogP contribution in [0.4, 0.5) is 0 Å². The van der Waals surface area contributed by atoms with E-state index in [4.69, 9.17) is 16.0 Å². The summed E-state index contributed by atoms with van der Waals surface area (Å²) in [6.45, 7) is 10.2. The van der Waals surface area contributed by atoms with E-state index in [0.717, 1.165) is 12.1 Å². The predicted molar refractivity (Wildman–Crippen MR) is 105 cm³/mol. The van der Waals surface area contributed by atoms with Crippen molar-refractivity contribution in [1.82, 2.24) is 15.2 Å². The minimum atomic E-state index is 0.0173. The van der Waals surface area contributed by atoms with Gasteiger partial charge in [0.05, 0.1) is 6.20 Å². The summed E-state index contributed by atoms with van der Waals surface area (Å²) < 4.78 is 5.72. The first-order valence-electron chi connectivity index (χ1n) is 9.10. The number of hydrogen-bond donors (Lipinski definition) is 1. The van der Waals surface area contributed by atoms with Gasteiger partial charge in [-0.1, -0.05) is 11.6 Å². The van der Waals surface area contributed by atoms with Crippen LogP contribution in [0.3, 0.4) is 0 Å². The summed E-state index contributed by atoms with van der Waals surface area (Å²) in [5, 5.41) is 3.65. The molecule has 0 aliphatic rings. The lowest BCUT2D eigenvalue weighted by molar-refractivity contribution is -0.121. The lowest BCUT2D eigenvalue weighted by Gasteiger charge is -2.30. The van der Waals surface area contributed by atoms with Crippen LogP contribution in [0, 0.1) is 0 Å². The molecule has 1 aromatic carbocycles. The summed E-state index contributed by atoms with van der Waals surface area (Å²) in [6.07, 6.45) is 2.53. The number of hydrogen-bond acceptors (Lipinski definition) is 4. The molecule has 5 nitrogen and oxygen atoms in total. The highest BCUT2D eigenvalue weighted by Gasteiger charge is 2.13. The summed E-state index contributed by atoms with van der Waals surface area (Å²) in [4.78, 5) is 18.6. The van der Waals surface area contributed by atoms with E-state index >= 15 is 0 Å². The van der Waals surface area contributed by atoms with E-state index < -0.39 is 0 Å². The van der Waals surface area contributed by atoms with Gasteiger partial charge >= 0.3 is 0 Å². The van der Waals surface area contributed by atoms with Gasteiger partial charge in [-0.15, -0.1) is 0 Å². The maximum Gasteiger partial charge on any atom is 0.220 e. The van der Waals surface area contributed by atoms with Crippen molar-refractivity contribution < 1.29 is 9.21 Å². The molecule has 0 atom stereocenters. The average molecular weight is 378 g/mol. The molecule has 0 fully saturated rings. The molecule has 0 spiro atoms. The number of aromatic nitrogens is 1. The maximum atomic E-state index is 12.0. The van der Waals surface area contributed by atoms with Crippen molar-refractivity contribution >= 4 is 17.5 Å². The molecule has 1 N–H and O–H groups in total. The number of benzene rings is 1. The van der Waals surface area contributed by atoms with E-state index in [-0.39, 0.29) is 5.91 Å². The number of carbonyl (C=O) groups excluding carboxylic acids is 1. The zero-order valence-electron chi connectivity index (χ0n) is 16.0. The Morgan fingerprint density at radius 1 is 1.19 bits per heavy atom. The smallest absolute Gasteiger partial charge is 0.220 e. The zero-order valence-corrected chi connectivity index (χ0v) is 16.7. The maximum absolute atomic E-state index is 12.0. The molecule has 0 radical (unpaired) electrons. The second-order valence-corrected chi connectivity index (χ2v) is 7.34. The highest BCUT2D eigenvalue weighted by atomic mass is 35.5. The zero-order chi connectivity index (χ0) is 19.1. The summed E-state index contributed by atoms with van der Waals surface area (Å²) in [7, 11) is 0. The number of rotatable bonds is 9. The summed E-state index contributed by atoms with van der Waals surface area (Å²) in [5.74, 6) is 1.27. The highest BCUT2D eigenvalue weighted by Crippen LogP contribution is 2.22. The molecule has 0 aliphatic carbocycles. The van der Waals surface area contributed by atoms with Gasteiger partial charge in [0.1, 0.15) is 0 Å². The largest absolute Gasteiger partial charge is 0.441 e. The molecule has 0 saturated heterocycles. The normalized spacial score (nSPS) is 11.5. The number of oxazole rings is 1. The average Bonchev–Trinajstić information content (AvgIpc) is 3.05. The SMILES string of the molecule is CC(C)N(CCNC(=O)CCc1ncc(-c2ccc(Cl)cc2)o1)C(C)C. The van der Waals surface area contributed by atoms with Gasteiger partial charge < -0.3 is 9.73 Å². The van der Waals surface area contributed by atoms with E-state index in [1.165, 1.54) is 0 Å². The number of amides is 1. The van der Waals surface area contributed by atoms with E-state index in [2.05, 4.69) is 42.9 Å². The molecule has 0 bridgehead atoms. The Bertz CT molecular complexity index is 687. The highest BCUT2D eigenvalue weighted by molar-refractivity contribution is 6.30. The Kier molecular flexibility index (Phi) is 7.66. The quantitative estimate of drug-likeness (QED) is 0.712. The van der Waals surface area contributed by atoms with Crippen molar-refractivity contribution in [3.63, 3.8) is 0 Å². The van der Waals surface area contributed by atoms with Crippen molar-refractivity contribution in [3.05, 3.63) is 41.4 Å². The number of halogens is 1. The molecule has 0 aliphatic heterocycles.